The van der Waals surface area contributed by atoms with E-state index in [4.69, 9.17) is 14.5 Å². The Balaban J connectivity index is 1.30. The fraction of sp³-hybridized carbons (Fsp3) is 0.448. The number of ether oxygens (including phenoxy) is 2. The van der Waals surface area contributed by atoms with Gasteiger partial charge in [-0.25, -0.2) is 4.98 Å². The average molecular weight is 575 g/mol. The number of halogens is 3. The fourth-order valence-electron chi connectivity index (χ4n) is 5.19. The van der Waals surface area contributed by atoms with E-state index in [1.165, 1.54) is 12.1 Å². The summed E-state index contributed by atoms with van der Waals surface area (Å²) in [6.07, 6.45) is -2.90. The number of aliphatic carboxylic acids is 1. The first-order valence-electron chi connectivity index (χ1n) is 13.4. The van der Waals surface area contributed by atoms with Crippen molar-refractivity contribution >= 4 is 28.1 Å². The Morgan fingerprint density at radius 2 is 1.80 bits per heavy atom. The molecule has 0 bridgehead atoms. The summed E-state index contributed by atoms with van der Waals surface area (Å²) in [4.78, 5) is 21.4. The van der Waals surface area contributed by atoms with Crippen molar-refractivity contribution in [2.45, 2.75) is 45.3 Å². The van der Waals surface area contributed by atoms with Crippen molar-refractivity contribution in [1.82, 2.24) is 4.98 Å². The second-order valence-electron chi connectivity index (χ2n) is 9.97. The second-order valence-corrected chi connectivity index (χ2v) is 11.1. The first-order chi connectivity index (χ1) is 19.2. The lowest BCUT2D eigenvalue weighted by molar-refractivity contribution is -0.305. The molecule has 1 fully saturated rings. The Kier molecular flexibility index (Phi) is 8.51. The number of alkyl halides is 3. The van der Waals surface area contributed by atoms with Gasteiger partial charge < -0.3 is 29.2 Å². The number of carbonyl (C=O) groups is 1. The van der Waals surface area contributed by atoms with Crippen LogP contribution in [-0.4, -0.2) is 50.4 Å². The number of aromatic nitrogens is 1. The Bertz CT molecular complexity index is 1340. The van der Waals surface area contributed by atoms with Crippen LogP contribution in [0.1, 0.15) is 39.2 Å². The number of thiazole rings is 1. The standard InChI is InChI=1S/C29H32F3N3O4S/c1-19-25(33-28(40-19)34-13-16-38-17-14-34)11-15-39-26-8-2-20(3-9-27(36)37)24-18-35(12-10-23(24)26)22-6-4-21(5-7-22)29(30,31)32/h2,4-8H,3,9-18H2,1H3,(H,36,37)/p-1. The van der Waals surface area contributed by atoms with Crippen LogP contribution in [0.25, 0.3) is 0 Å². The number of carboxylic acid groups (broad SMARTS) is 1. The van der Waals surface area contributed by atoms with Crippen molar-refractivity contribution in [3.63, 3.8) is 0 Å². The second kappa shape index (κ2) is 12.1. The summed E-state index contributed by atoms with van der Waals surface area (Å²) in [7, 11) is 0. The number of anilines is 2. The third kappa shape index (κ3) is 6.52. The van der Waals surface area contributed by atoms with Gasteiger partial charge in [0.1, 0.15) is 5.75 Å². The molecule has 7 nitrogen and oxygen atoms in total. The third-order valence-corrected chi connectivity index (χ3v) is 8.46. The molecule has 0 radical (unpaired) electrons. The average Bonchev–Trinajstić information content (AvgIpc) is 3.32. The summed E-state index contributed by atoms with van der Waals surface area (Å²) >= 11 is 1.68. The highest BCUT2D eigenvalue weighted by Gasteiger charge is 2.30. The molecule has 0 atom stereocenters. The molecule has 0 saturated carbocycles. The van der Waals surface area contributed by atoms with Gasteiger partial charge in [0, 0.05) is 54.7 Å². The van der Waals surface area contributed by atoms with E-state index >= 15 is 0 Å². The minimum Gasteiger partial charge on any atom is -0.550 e. The van der Waals surface area contributed by atoms with E-state index in [9.17, 15) is 23.1 Å². The van der Waals surface area contributed by atoms with Gasteiger partial charge in [-0.05, 0) is 67.6 Å². The zero-order chi connectivity index (χ0) is 28.3. The smallest absolute Gasteiger partial charge is 0.416 e. The van der Waals surface area contributed by atoms with E-state index in [2.05, 4.69) is 11.8 Å². The zero-order valence-corrected chi connectivity index (χ0v) is 23.1. The van der Waals surface area contributed by atoms with E-state index in [0.717, 1.165) is 63.4 Å². The van der Waals surface area contributed by atoms with E-state index in [1.54, 1.807) is 11.3 Å². The van der Waals surface area contributed by atoms with Crippen LogP contribution in [0.15, 0.2) is 36.4 Å². The molecule has 0 unspecified atom stereocenters. The lowest BCUT2D eigenvalue weighted by Crippen LogP contribution is -2.36. The largest absolute Gasteiger partial charge is 0.550 e. The van der Waals surface area contributed by atoms with Gasteiger partial charge in [-0.3, -0.25) is 0 Å². The van der Waals surface area contributed by atoms with Crippen LogP contribution in [-0.2, 0) is 41.5 Å². The van der Waals surface area contributed by atoms with Gasteiger partial charge in [-0.1, -0.05) is 6.07 Å². The molecule has 1 saturated heterocycles. The Morgan fingerprint density at radius 1 is 1.05 bits per heavy atom. The third-order valence-electron chi connectivity index (χ3n) is 7.38. The highest BCUT2D eigenvalue weighted by atomic mass is 32.1. The number of benzene rings is 2. The van der Waals surface area contributed by atoms with Gasteiger partial charge in [0.15, 0.2) is 5.13 Å². The molecule has 0 aliphatic carbocycles. The lowest BCUT2D eigenvalue weighted by atomic mass is 9.91. The number of morpholine rings is 1. The highest BCUT2D eigenvalue weighted by Crippen LogP contribution is 2.36. The first kappa shape index (κ1) is 28.2. The van der Waals surface area contributed by atoms with Crippen molar-refractivity contribution in [1.29, 1.82) is 0 Å². The maximum Gasteiger partial charge on any atom is 0.416 e. The maximum atomic E-state index is 13.0. The van der Waals surface area contributed by atoms with Crippen LogP contribution < -0.4 is 19.6 Å². The first-order valence-corrected chi connectivity index (χ1v) is 14.2. The number of carbonyl (C=O) groups excluding carboxylic acids is 1. The molecule has 11 heteroatoms. The zero-order valence-electron chi connectivity index (χ0n) is 22.3. The van der Waals surface area contributed by atoms with Gasteiger partial charge in [-0.15, -0.1) is 11.3 Å². The molecule has 0 N–H and O–H groups in total. The highest BCUT2D eigenvalue weighted by molar-refractivity contribution is 7.15. The molecule has 3 heterocycles. The quantitative estimate of drug-likeness (QED) is 0.380. The van der Waals surface area contributed by atoms with Gasteiger partial charge in [0.2, 0.25) is 0 Å². The summed E-state index contributed by atoms with van der Waals surface area (Å²) in [5, 5.41) is 12.2. The van der Waals surface area contributed by atoms with E-state index in [0.29, 0.717) is 57.9 Å². The lowest BCUT2D eigenvalue weighted by Gasteiger charge is -2.33. The molecule has 1 aromatic heterocycles. The Hall–Kier alpha value is -3.31. The SMILES string of the molecule is Cc1sc(N2CCOCC2)nc1CCOc1ccc(CCC(=O)[O-])c2c1CCN(c1ccc(C(F)(F)F)cc1)C2. The molecule has 2 aliphatic heterocycles. The van der Waals surface area contributed by atoms with Gasteiger partial charge in [0.25, 0.3) is 0 Å². The minimum absolute atomic E-state index is 0.110. The maximum absolute atomic E-state index is 13.0. The molecule has 214 valence electrons. The van der Waals surface area contributed by atoms with Crippen LogP contribution in [0, 0.1) is 6.92 Å². The summed E-state index contributed by atoms with van der Waals surface area (Å²) in [6.45, 7) is 6.66. The summed E-state index contributed by atoms with van der Waals surface area (Å²) in [5.74, 6) is -0.375. The molecule has 2 aliphatic rings. The van der Waals surface area contributed by atoms with Gasteiger partial charge in [-0.2, -0.15) is 13.2 Å². The fourth-order valence-corrected chi connectivity index (χ4v) is 6.19. The predicted octanol–water partition coefficient (Wildman–Crippen LogP) is 4.17. The Labute approximate surface area is 235 Å². The van der Waals surface area contributed by atoms with Crippen LogP contribution in [0.3, 0.4) is 0 Å². The molecule has 3 aromatic rings. The van der Waals surface area contributed by atoms with E-state index < -0.39 is 17.7 Å². The molecule has 5 rings (SSSR count). The van der Waals surface area contributed by atoms with Crippen LogP contribution in [0.5, 0.6) is 5.75 Å². The summed E-state index contributed by atoms with van der Waals surface area (Å²) in [5.41, 5.74) is 3.87. The summed E-state index contributed by atoms with van der Waals surface area (Å²) in [6, 6.07) is 8.92. The predicted molar refractivity (Wildman–Crippen MR) is 145 cm³/mol. The number of hydrogen-bond acceptors (Lipinski definition) is 8. The topological polar surface area (TPSA) is 78.0 Å². The molecular formula is C29H31F3N3O4S-. The van der Waals surface area contributed by atoms with Gasteiger partial charge in [0.05, 0.1) is 31.1 Å². The van der Waals surface area contributed by atoms with E-state index in [1.807, 2.05) is 17.0 Å². The van der Waals surface area contributed by atoms with Gasteiger partial charge >= 0.3 is 6.18 Å². The van der Waals surface area contributed by atoms with Crippen LogP contribution in [0.2, 0.25) is 0 Å². The van der Waals surface area contributed by atoms with E-state index in [-0.39, 0.29) is 6.42 Å². The molecular weight excluding hydrogens is 543 g/mol. The van der Waals surface area contributed by atoms with Crippen LogP contribution in [0.4, 0.5) is 24.0 Å². The normalized spacial score (nSPS) is 15.7. The van der Waals surface area contributed by atoms with Crippen molar-refractivity contribution in [3.05, 3.63) is 69.2 Å². The molecule has 0 amide bonds. The van der Waals surface area contributed by atoms with Crippen molar-refractivity contribution in [3.8, 4) is 5.75 Å². The molecule has 2 aromatic carbocycles. The van der Waals surface area contributed by atoms with Crippen molar-refractivity contribution in [2.24, 2.45) is 0 Å². The molecule has 40 heavy (non-hydrogen) atoms. The monoisotopic (exact) mass is 574 g/mol. The number of carboxylic acids is 1. The van der Waals surface area contributed by atoms with Crippen molar-refractivity contribution < 1.29 is 32.5 Å². The number of rotatable bonds is 9. The molecule has 0 spiro atoms. The van der Waals surface area contributed by atoms with Crippen LogP contribution >= 0.6 is 11.3 Å². The Morgan fingerprint density at radius 3 is 2.50 bits per heavy atom. The van der Waals surface area contributed by atoms with Crippen molar-refractivity contribution in [2.75, 3.05) is 49.3 Å². The number of nitrogens with zero attached hydrogens (tertiary/aromatic N) is 3. The number of hydrogen-bond donors (Lipinski definition) is 0. The number of fused-ring (bicyclic) bond motifs is 1. The number of aryl methyl sites for hydroxylation is 2. The summed E-state index contributed by atoms with van der Waals surface area (Å²) < 4.78 is 50.8. The minimum atomic E-state index is -4.39.